The molecule has 1 aromatic heterocycles. The van der Waals surface area contributed by atoms with Gasteiger partial charge in [0.2, 0.25) is 0 Å². The molecule has 1 aromatic carbocycles. The van der Waals surface area contributed by atoms with Crippen molar-refractivity contribution in [3.63, 3.8) is 0 Å². The molecule has 0 aliphatic heterocycles. The van der Waals surface area contributed by atoms with Crippen LogP contribution < -0.4 is 14.8 Å². The number of benzene rings is 1. The standard InChI is InChI=1S/C17H19BrN4O3/c1-24-15-8-13(14(18)9-16(15)25-2)17(23)21-12-10-20-22(11-12)7-5-3-4-6-19/h8-11H,3-5,7H2,1-2H3,(H,21,23). The van der Waals surface area contributed by atoms with Gasteiger partial charge in [0.1, 0.15) is 0 Å². The lowest BCUT2D eigenvalue weighted by atomic mass is 10.2. The number of rotatable bonds is 8. The van der Waals surface area contributed by atoms with Crippen molar-refractivity contribution in [1.29, 1.82) is 5.26 Å². The molecule has 0 radical (unpaired) electrons. The van der Waals surface area contributed by atoms with Crippen LogP contribution in [-0.4, -0.2) is 29.9 Å². The van der Waals surface area contributed by atoms with Crippen LogP contribution in [0.1, 0.15) is 29.6 Å². The molecular weight excluding hydrogens is 388 g/mol. The molecule has 7 nitrogen and oxygen atoms in total. The molecule has 0 bridgehead atoms. The first-order valence-corrected chi connectivity index (χ1v) is 8.50. The van der Waals surface area contributed by atoms with Crippen LogP contribution in [0.15, 0.2) is 29.0 Å². The Hall–Kier alpha value is -2.53. The van der Waals surface area contributed by atoms with Crippen LogP contribution in [0.3, 0.4) is 0 Å². The lowest BCUT2D eigenvalue weighted by molar-refractivity contribution is 0.102. The smallest absolute Gasteiger partial charge is 0.257 e. The van der Waals surface area contributed by atoms with Crippen molar-refractivity contribution in [1.82, 2.24) is 9.78 Å². The van der Waals surface area contributed by atoms with Crippen LogP contribution in [0, 0.1) is 11.3 Å². The Balaban J connectivity index is 2.05. The molecule has 1 heterocycles. The normalized spacial score (nSPS) is 10.2. The molecule has 2 rings (SSSR count). The average molecular weight is 407 g/mol. The van der Waals surface area contributed by atoms with E-state index in [1.165, 1.54) is 14.2 Å². The average Bonchev–Trinajstić information content (AvgIpc) is 3.05. The molecule has 2 aromatic rings. The minimum absolute atomic E-state index is 0.281. The van der Waals surface area contributed by atoms with E-state index in [2.05, 4.69) is 32.4 Å². The Kier molecular flexibility index (Phi) is 6.83. The molecule has 0 spiro atoms. The van der Waals surface area contributed by atoms with E-state index in [-0.39, 0.29) is 5.91 Å². The zero-order valence-corrected chi connectivity index (χ0v) is 15.7. The zero-order chi connectivity index (χ0) is 18.2. The lowest BCUT2D eigenvalue weighted by Crippen LogP contribution is -2.12. The van der Waals surface area contributed by atoms with E-state index in [0.29, 0.717) is 40.2 Å². The van der Waals surface area contributed by atoms with Gasteiger partial charge in [-0.3, -0.25) is 9.48 Å². The van der Waals surface area contributed by atoms with Gasteiger partial charge in [0.15, 0.2) is 11.5 Å². The third-order valence-electron chi connectivity index (χ3n) is 3.53. The van der Waals surface area contributed by atoms with Gasteiger partial charge >= 0.3 is 0 Å². The number of nitrogens with zero attached hydrogens (tertiary/aromatic N) is 3. The van der Waals surface area contributed by atoms with E-state index < -0.39 is 0 Å². The monoisotopic (exact) mass is 406 g/mol. The number of methoxy groups -OCH3 is 2. The summed E-state index contributed by atoms with van der Waals surface area (Å²) in [6.07, 6.45) is 5.59. The number of halogens is 1. The second kappa shape index (κ2) is 9.08. The largest absolute Gasteiger partial charge is 0.493 e. The van der Waals surface area contributed by atoms with Crippen molar-refractivity contribution in [2.45, 2.75) is 25.8 Å². The van der Waals surface area contributed by atoms with Gasteiger partial charge in [-0.2, -0.15) is 10.4 Å². The molecule has 0 aliphatic carbocycles. The fraction of sp³-hybridized carbons (Fsp3) is 0.353. The van der Waals surface area contributed by atoms with E-state index >= 15 is 0 Å². The number of carbonyl (C=O) groups is 1. The van der Waals surface area contributed by atoms with Gasteiger partial charge in [-0.25, -0.2) is 0 Å². The Morgan fingerprint density at radius 1 is 1.32 bits per heavy atom. The maximum Gasteiger partial charge on any atom is 0.257 e. The minimum Gasteiger partial charge on any atom is -0.493 e. The first kappa shape index (κ1) is 18.8. The second-order valence-electron chi connectivity index (χ2n) is 5.25. The van der Waals surface area contributed by atoms with E-state index in [9.17, 15) is 4.79 Å². The van der Waals surface area contributed by atoms with Gasteiger partial charge in [0.05, 0.1) is 37.7 Å². The topological polar surface area (TPSA) is 89.2 Å². The van der Waals surface area contributed by atoms with Gasteiger partial charge in [-0.1, -0.05) is 0 Å². The third kappa shape index (κ3) is 4.97. The van der Waals surface area contributed by atoms with Gasteiger partial charge in [-0.15, -0.1) is 0 Å². The summed E-state index contributed by atoms with van der Waals surface area (Å²) in [5.41, 5.74) is 1.03. The van der Waals surface area contributed by atoms with Gasteiger partial charge in [0, 0.05) is 23.6 Å². The molecule has 0 aliphatic rings. The highest BCUT2D eigenvalue weighted by molar-refractivity contribution is 9.10. The van der Waals surface area contributed by atoms with Gasteiger partial charge < -0.3 is 14.8 Å². The Bertz CT molecular complexity index is 783. The molecule has 0 atom stereocenters. The number of ether oxygens (including phenoxy) is 2. The molecule has 0 saturated carbocycles. The minimum atomic E-state index is -0.281. The van der Waals surface area contributed by atoms with Crippen molar-refractivity contribution in [2.75, 3.05) is 19.5 Å². The Morgan fingerprint density at radius 3 is 2.72 bits per heavy atom. The maximum absolute atomic E-state index is 12.5. The summed E-state index contributed by atoms with van der Waals surface area (Å²) in [4.78, 5) is 12.5. The summed E-state index contributed by atoms with van der Waals surface area (Å²) < 4.78 is 12.8. The van der Waals surface area contributed by atoms with Crippen LogP contribution in [-0.2, 0) is 6.54 Å². The number of aryl methyl sites for hydroxylation is 1. The summed E-state index contributed by atoms with van der Waals surface area (Å²) in [7, 11) is 3.05. The molecule has 1 N–H and O–H groups in total. The highest BCUT2D eigenvalue weighted by Crippen LogP contribution is 2.33. The summed E-state index contributed by atoms with van der Waals surface area (Å²) >= 11 is 3.38. The van der Waals surface area contributed by atoms with Crippen molar-refractivity contribution in [3.05, 3.63) is 34.6 Å². The number of hydrogen-bond donors (Lipinski definition) is 1. The summed E-state index contributed by atoms with van der Waals surface area (Å²) in [5, 5.41) is 15.5. The van der Waals surface area contributed by atoms with Crippen LogP contribution in [0.4, 0.5) is 5.69 Å². The number of carbonyl (C=O) groups excluding carboxylic acids is 1. The van der Waals surface area contributed by atoms with Crippen molar-refractivity contribution < 1.29 is 14.3 Å². The van der Waals surface area contributed by atoms with Crippen LogP contribution in [0.5, 0.6) is 11.5 Å². The zero-order valence-electron chi connectivity index (χ0n) is 14.1. The first-order chi connectivity index (χ1) is 12.1. The number of hydrogen-bond acceptors (Lipinski definition) is 5. The Labute approximate surface area is 154 Å². The first-order valence-electron chi connectivity index (χ1n) is 7.71. The Morgan fingerprint density at radius 2 is 2.04 bits per heavy atom. The number of unbranched alkanes of at least 4 members (excludes halogenated alkanes) is 2. The number of nitriles is 1. The highest BCUT2D eigenvalue weighted by atomic mass is 79.9. The van der Waals surface area contributed by atoms with Crippen LogP contribution in [0.25, 0.3) is 0 Å². The van der Waals surface area contributed by atoms with E-state index in [1.807, 2.05) is 0 Å². The van der Waals surface area contributed by atoms with Crippen molar-refractivity contribution >= 4 is 27.5 Å². The predicted octanol–water partition coefficient (Wildman–Crippen LogP) is 3.61. The molecule has 132 valence electrons. The molecule has 0 fully saturated rings. The number of aromatic nitrogens is 2. The fourth-order valence-corrected chi connectivity index (χ4v) is 2.76. The predicted molar refractivity (Wildman–Crippen MR) is 96.9 cm³/mol. The van der Waals surface area contributed by atoms with E-state index in [1.54, 1.807) is 29.2 Å². The number of anilines is 1. The molecular formula is C17H19BrN4O3. The summed E-state index contributed by atoms with van der Waals surface area (Å²) in [6, 6.07) is 5.42. The van der Waals surface area contributed by atoms with Gasteiger partial charge in [0.25, 0.3) is 5.91 Å². The second-order valence-corrected chi connectivity index (χ2v) is 6.10. The van der Waals surface area contributed by atoms with Crippen LogP contribution in [0.2, 0.25) is 0 Å². The SMILES string of the molecule is COc1cc(Br)c(C(=O)Nc2cnn(CCCCC#N)c2)cc1OC. The lowest BCUT2D eigenvalue weighted by Gasteiger charge is -2.11. The summed E-state index contributed by atoms with van der Waals surface area (Å²) in [6.45, 7) is 0.706. The fourth-order valence-electron chi connectivity index (χ4n) is 2.25. The van der Waals surface area contributed by atoms with Crippen LogP contribution >= 0.6 is 15.9 Å². The summed E-state index contributed by atoms with van der Waals surface area (Å²) in [5.74, 6) is 0.733. The molecule has 0 saturated heterocycles. The molecule has 1 amide bonds. The quantitative estimate of drug-likeness (QED) is 0.676. The maximum atomic E-state index is 12.5. The number of nitrogens with one attached hydrogen (secondary N) is 1. The van der Waals surface area contributed by atoms with Gasteiger partial charge in [-0.05, 0) is 40.9 Å². The number of amides is 1. The van der Waals surface area contributed by atoms with Crippen molar-refractivity contribution in [2.24, 2.45) is 0 Å². The third-order valence-corrected chi connectivity index (χ3v) is 4.19. The van der Waals surface area contributed by atoms with Crippen molar-refractivity contribution in [3.8, 4) is 17.6 Å². The molecule has 8 heteroatoms. The highest BCUT2D eigenvalue weighted by Gasteiger charge is 2.16. The molecule has 25 heavy (non-hydrogen) atoms. The van der Waals surface area contributed by atoms with E-state index in [4.69, 9.17) is 14.7 Å². The molecule has 0 unspecified atom stereocenters. The van der Waals surface area contributed by atoms with E-state index in [0.717, 1.165) is 12.8 Å².